The van der Waals surface area contributed by atoms with Crippen molar-refractivity contribution in [2.24, 2.45) is 0 Å². The van der Waals surface area contributed by atoms with Gasteiger partial charge >= 0.3 is 0 Å². The van der Waals surface area contributed by atoms with E-state index in [1.807, 2.05) is 6.92 Å². The highest BCUT2D eigenvalue weighted by molar-refractivity contribution is 8.00. The number of hydrogen-bond donors (Lipinski definition) is 0. The van der Waals surface area contributed by atoms with Crippen LogP contribution in [0, 0.1) is 6.92 Å². The summed E-state index contributed by atoms with van der Waals surface area (Å²) in [5.41, 5.74) is 1.98. The maximum absolute atomic E-state index is 12.7. The molecule has 1 aliphatic rings. The minimum absolute atomic E-state index is 0.0260. The molecule has 1 aromatic carbocycles. The fourth-order valence-electron chi connectivity index (χ4n) is 3.39. The van der Waals surface area contributed by atoms with Crippen molar-refractivity contribution in [3.8, 4) is 5.75 Å². The molecule has 3 aromatic rings. The van der Waals surface area contributed by atoms with Crippen LogP contribution in [-0.2, 0) is 12.8 Å². The van der Waals surface area contributed by atoms with E-state index in [2.05, 4.69) is 9.97 Å². The number of methoxy groups -OCH3 is 1. The van der Waals surface area contributed by atoms with Crippen molar-refractivity contribution >= 4 is 50.7 Å². The summed E-state index contributed by atoms with van der Waals surface area (Å²) >= 11 is 9.43. The van der Waals surface area contributed by atoms with Gasteiger partial charge in [0.2, 0.25) is 0 Å². The molecule has 1 aliphatic carbocycles. The van der Waals surface area contributed by atoms with Gasteiger partial charge in [-0.05, 0) is 56.4 Å². The number of thiophene rings is 1. The quantitative estimate of drug-likeness (QED) is 0.310. The number of thioether (sulfide) groups is 1. The number of aryl methyl sites for hydroxylation is 3. The molecule has 0 fully saturated rings. The number of benzene rings is 1. The molecule has 7 heteroatoms. The van der Waals surface area contributed by atoms with Crippen molar-refractivity contribution < 1.29 is 9.53 Å². The number of rotatable bonds is 5. The second-order valence-electron chi connectivity index (χ2n) is 6.53. The average Bonchev–Trinajstić information content (AvgIpc) is 3.03. The summed E-state index contributed by atoms with van der Waals surface area (Å²) < 4.78 is 5.15. The van der Waals surface area contributed by atoms with Gasteiger partial charge in [0.15, 0.2) is 5.78 Å². The Morgan fingerprint density at radius 2 is 2.11 bits per heavy atom. The lowest BCUT2D eigenvalue weighted by Gasteiger charge is -2.11. The van der Waals surface area contributed by atoms with Crippen molar-refractivity contribution in [3.63, 3.8) is 0 Å². The molecule has 0 atom stereocenters. The summed E-state index contributed by atoms with van der Waals surface area (Å²) in [5.74, 6) is 1.67. The second kappa shape index (κ2) is 7.78. The maximum Gasteiger partial charge on any atom is 0.173 e. The van der Waals surface area contributed by atoms with Crippen LogP contribution in [0.15, 0.2) is 23.2 Å². The maximum atomic E-state index is 12.7. The molecule has 0 bridgehead atoms. The molecular formula is C20H19ClN2O2S2. The molecular weight excluding hydrogens is 400 g/mol. The zero-order valence-corrected chi connectivity index (χ0v) is 17.6. The van der Waals surface area contributed by atoms with Crippen LogP contribution in [0.5, 0.6) is 5.75 Å². The number of ketones is 1. The van der Waals surface area contributed by atoms with E-state index in [0.29, 0.717) is 22.1 Å². The first kappa shape index (κ1) is 18.7. The summed E-state index contributed by atoms with van der Waals surface area (Å²) in [6, 6.07) is 5.14. The molecule has 4 nitrogen and oxygen atoms in total. The van der Waals surface area contributed by atoms with Crippen LogP contribution in [0.3, 0.4) is 0 Å². The van der Waals surface area contributed by atoms with Crippen LogP contribution in [0.2, 0.25) is 5.02 Å². The average molecular weight is 419 g/mol. The van der Waals surface area contributed by atoms with Gasteiger partial charge in [0.25, 0.3) is 0 Å². The fourth-order valence-corrected chi connectivity index (χ4v) is 6.01. The van der Waals surface area contributed by atoms with E-state index in [9.17, 15) is 4.79 Å². The fraction of sp³-hybridized carbons (Fsp3) is 0.350. The zero-order chi connectivity index (χ0) is 19.0. The van der Waals surface area contributed by atoms with Crippen LogP contribution < -0.4 is 4.74 Å². The number of carbonyl (C=O) groups excluding carboxylic acids is 1. The van der Waals surface area contributed by atoms with Crippen LogP contribution in [0.25, 0.3) is 10.2 Å². The number of ether oxygens (including phenoxy) is 1. The summed E-state index contributed by atoms with van der Waals surface area (Å²) in [5, 5.41) is 2.52. The van der Waals surface area contributed by atoms with Crippen molar-refractivity contribution in [1.82, 2.24) is 9.97 Å². The standard InChI is InChI=1S/C20H19ClN2O2S2/c1-11-22-19(18-13-5-3-4-6-17(13)27-20(18)23-11)26-10-15(24)12-7-8-16(25-2)14(21)9-12/h7-9H,3-6,10H2,1-2H3. The predicted molar refractivity (Wildman–Crippen MR) is 112 cm³/mol. The number of halogens is 1. The molecule has 2 aromatic heterocycles. The van der Waals surface area contributed by atoms with Gasteiger partial charge in [-0.2, -0.15) is 0 Å². The highest BCUT2D eigenvalue weighted by atomic mass is 35.5. The van der Waals surface area contributed by atoms with Crippen molar-refractivity contribution in [3.05, 3.63) is 45.1 Å². The van der Waals surface area contributed by atoms with E-state index in [4.69, 9.17) is 16.3 Å². The molecule has 0 spiro atoms. The molecule has 4 rings (SSSR count). The monoisotopic (exact) mass is 418 g/mol. The van der Waals surface area contributed by atoms with Crippen molar-refractivity contribution in [2.75, 3.05) is 12.9 Å². The Balaban J connectivity index is 1.61. The third-order valence-corrected chi connectivity index (χ3v) is 7.16. The molecule has 0 saturated carbocycles. The normalized spacial score (nSPS) is 13.6. The van der Waals surface area contributed by atoms with Gasteiger partial charge in [0, 0.05) is 15.8 Å². The molecule has 0 unspecified atom stereocenters. The lowest BCUT2D eigenvalue weighted by molar-refractivity contribution is 0.102. The first-order valence-electron chi connectivity index (χ1n) is 8.85. The summed E-state index contributed by atoms with van der Waals surface area (Å²) in [6.07, 6.45) is 4.66. The first-order chi connectivity index (χ1) is 13.1. The molecule has 140 valence electrons. The van der Waals surface area contributed by atoms with E-state index in [1.165, 1.54) is 35.0 Å². The van der Waals surface area contributed by atoms with Gasteiger partial charge in [-0.3, -0.25) is 4.79 Å². The van der Waals surface area contributed by atoms with E-state index in [-0.39, 0.29) is 5.78 Å². The zero-order valence-electron chi connectivity index (χ0n) is 15.2. The summed E-state index contributed by atoms with van der Waals surface area (Å²) in [4.78, 5) is 24.4. The highest BCUT2D eigenvalue weighted by Gasteiger charge is 2.21. The first-order valence-corrected chi connectivity index (χ1v) is 11.0. The Kier molecular flexibility index (Phi) is 5.39. The molecule has 2 heterocycles. The number of aromatic nitrogens is 2. The van der Waals surface area contributed by atoms with Crippen LogP contribution in [0.1, 0.15) is 39.5 Å². The third-order valence-electron chi connectivity index (χ3n) is 4.71. The molecule has 0 radical (unpaired) electrons. The van der Waals surface area contributed by atoms with Crippen LogP contribution in [-0.4, -0.2) is 28.6 Å². The van der Waals surface area contributed by atoms with Crippen molar-refractivity contribution in [1.29, 1.82) is 0 Å². The lowest BCUT2D eigenvalue weighted by Crippen LogP contribution is -2.04. The largest absolute Gasteiger partial charge is 0.495 e. The third kappa shape index (κ3) is 3.71. The number of nitrogens with zero attached hydrogens (tertiary/aromatic N) is 2. The summed E-state index contributed by atoms with van der Waals surface area (Å²) in [6.45, 7) is 1.91. The molecule has 0 N–H and O–H groups in total. The smallest absolute Gasteiger partial charge is 0.173 e. The molecule has 0 aliphatic heterocycles. The van der Waals surface area contributed by atoms with E-state index in [1.54, 1.807) is 36.6 Å². The van der Waals surface area contributed by atoms with Gasteiger partial charge < -0.3 is 4.74 Å². The SMILES string of the molecule is COc1ccc(C(=O)CSc2nc(C)nc3sc4c(c23)CCCC4)cc1Cl. The number of hydrogen-bond acceptors (Lipinski definition) is 6. The van der Waals surface area contributed by atoms with Gasteiger partial charge in [-0.25, -0.2) is 9.97 Å². The van der Waals surface area contributed by atoms with E-state index < -0.39 is 0 Å². The summed E-state index contributed by atoms with van der Waals surface area (Å²) in [7, 11) is 1.56. The predicted octanol–water partition coefficient (Wildman–Crippen LogP) is 5.52. The van der Waals surface area contributed by atoms with Gasteiger partial charge in [0.05, 0.1) is 17.9 Å². The number of carbonyl (C=O) groups is 1. The van der Waals surface area contributed by atoms with Crippen LogP contribution >= 0.6 is 34.7 Å². The van der Waals surface area contributed by atoms with Gasteiger partial charge in [-0.1, -0.05) is 23.4 Å². The van der Waals surface area contributed by atoms with Crippen LogP contribution in [0.4, 0.5) is 0 Å². The Morgan fingerprint density at radius 3 is 2.89 bits per heavy atom. The Labute approximate surface area is 171 Å². The lowest BCUT2D eigenvalue weighted by atomic mass is 9.97. The van der Waals surface area contributed by atoms with Gasteiger partial charge in [0.1, 0.15) is 21.4 Å². The van der Waals surface area contributed by atoms with Gasteiger partial charge in [-0.15, -0.1) is 11.3 Å². The molecule has 0 amide bonds. The Hall–Kier alpha value is -1.63. The highest BCUT2D eigenvalue weighted by Crippen LogP contribution is 2.39. The van der Waals surface area contributed by atoms with E-state index >= 15 is 0 Å². The number of fused-ring (bicyclic) bond motifs is 3. The second-order valence-corrected chi connectivity index (χ2v) is 8.98. The minimum atomic E-state index is 0.0260. The number of Topliss-reactive ketones (excluding diaryl/α,β-unsaturated/α-hetero) is 1. The molecule has 0 saturated heterocycles. The Morgan fingerprint density at radius 1 is 1.30 bits per heavy atom. The van der Waals surface area contributed by atoms with Crippen molar-refractivity contribution in [2.45, 2.75) is 37.6 Å². The topological polar surface area (TPSA) is 52.1 Å². The minimum Gasteiger partial charge on any atom is -0.495 e. The van der Waals surface area contributed by atoms with E-state index in [0.717, 1.165) is 33.9 Å². The molecule has 27 heavy (non-hydrogen) atoms. The Bertz CT molecular complexity index is 1030.